The van der Waals surface area contributed by atoms with Gasteiger partial charge in [-0.15, -0.1) is 0 Å². The molecule has 2 aromatic carbocycles. The van der Waals surface area contributed by atoms with Crippen molar-refractivity contribution >= 4 is 5.97 Å². The van der Waals surface area contributed by atoms with E-state index in [1.807, 2.05) is 30.3 Å². The van der Waals surface area contributed by atoms with Crippen LogP contribution in [0.3, 0.4) is 0 Å². The highest BCUT2D eigenvalue weighted by molar-refractivity contribution is 5.72. The Bertz CT molecular complexity index is 567. The Labute approximate surface area is 110 Å². The van der Waals surface area contributed by atoms with Gasteiger partial charge in [0.15, 0.2) is 0 Å². The number of hydrogen-bond acceptors (Lipinski definition) is 3. The molecule has 2 rings (SSSR count). The fourth-order valence-electron chi connectivity index (χ4n) is 1.62. The zero-order chi connectivity index (χ0) is 13.7. The molecule has 98 valence electrons. The SMILES string of the molecule is O=C(Cc1ccc(O)cc1F)OCc1ccccc1. The van der Waals surface area contributed by atoms with Gasteiger partial charge in [0.1, 0.15) is 18.2 Å². The first-order chi connectivity index (χ1) is 9.15. The number of halogens is 1. The van der Waals surface area contributed by atoms with E-state index in [0.29, 0.717) is 0 Å². The molecule has 0 radical (unpaired) electrons. The average Bonchev–Trinajstić information content (AvgIpc) is 2.41. The molecule has 0 fully saturated rings. The second kappa shape index (κ2) is 6.00. The zero-order valence-corrected chi connectivity index (χ0v) is 10.2. The van der Waals surface area contributed by atoms with Gasteiger partial charge in [0.2, 0.25) is 0 Å². The lowest BCUT2D eigenvalue weighted by Gasteiger charge is -2.06. The molecular formula is C15H13FO3. The summed E-state index contributed by atoms with van der Waals surface area (Å²) < 4.78 is 18.5. The predicted octanol–water partition coefficient (Wildman–Crippen LogP) is 2.82. The van der Waals surface area contributed by atoms with E-state index in [0.717, 1.165) is 11.6 Å². The molecule has 0 saturated carbocycles. The molecule has 4 heteroatoms. The first-order valence-electron chi connectivity index (χ1n) is 5.82. The van der Waals surface area contributed by atoms with Gasteiger partial charge in [-0.05, 0) is 17.2 Å². The van der Waals surface area contributed by atoms with Gasteiger partial charge in [0, 0.05) is 6.07 Å². The third kappa shape index (κ3) is 3.81. The maximum atomic E-state index is 13.4. The Kier molecular flexibility index (Phi) is 4.13. The van der Waals surface area contributed by atoms with Crippen LogP contribution in [0.25, 0.3) is 0 Å². The normalized spacial score (nSPS) is 10.2. The molecule has 0 aliphatic carbocycles. The first-order valence-corrected chi connectivity index (χ1v) is 5.82. The number of phenols is 1. The summed E-state index contributed by atoms with van der Waals surface area (Å²) in [4.78, 5) is 11.6. The number of esters is 1. The van der Waals surface area contributed by atoms with Crippen LogP contribution in [0.2, 0.25) is 0 Å². The zero-order valence-electron chi connectivity index (χ0n) is 10.2. The van der Waals surface area contributed by atoms with E-state index in [2.05, 4.69) is 0 Å². The summed E-state index contributed by atoms with van der Waals surface area (Å²) in [5.74, 6) is -1.29. The van der Waals surface area contributed by atoms with E-state index in [-0.39, 0.29) is 24.3 Å². The van der Waals surface area contributed by atoms with Gasteiger partial charge in [-0.25, -0.2) is 4.39 Å². The van der Waals surface area contributed by atoms with Crippen molar-refractivity contribution in [2.24, 2.45) is 0 Å². The Hall–Kier alpha value is -2.36. The number of carbonyl (C=O) groups is 1. The molecule has 1 N–H and O–H groups in total. The predicted molar refractivity (Wildman–Crippen MR) is 68.0 cm³/mol. The van der Waals surface area contributed by atoms with Crippen molar-refractivity contribution < 1.29 is 19.0 Å². The van der Waals surface area contributed by atoms with Crippen LogP contribution in [0, 0.1) is 5.82 Å². The molecule has 0 heterocycles. The van der Waals surface area contributed by atoms with Crippen molar-refractivity contribution in [3.63, 3.8) is 0 Å². The minimum atomic E-state index is -0.614. The third-order valence-corrected chi connectivity index (χ3v) is 2.61. The van der Waals surface area contributed by atoms with Crippen LogP contribution in [0.1, 0.15) is 11.1 Å². The van der Waals surface area contributed by atoms with Crippen LogP contribution in [0.4, 0.5) is 4.39 Å². The molecule has 19 heavy (non-hydrogen) atoms. The summed E-state index contributed by atoms with van der Waals surface area (Å²) in [7, 11) is 0. The number of benzene rings is 2. The van der Waals surface area contributed by atoms with E-state index < -0.39 is 11.8 Å². The Morgan fingerprint density at radius 2 is 1.89 bits per heavy atom. The van der Waals surface area contributed by atoms with Gasteiger partial charge in [0.25, 0.3) is 0 Å². The second-order valence-corrected chi connectivity index (χ2v) is 4.10. The summed E-state index contributed by atoms with van der Waals surface area (Å²) in [5, 5.41) is 9.07. The van der Waals surface area contributed by atoms with Crippen molar-refractivity contribution in [2.75, 3.05) is 0 Å². The molecular weight excluding hydrogens is 247 g/mol. The summed E-state index contributed by atoms with van der Waals surface area (Å²) in [6.07, 6.45) is -0.154. The molecule has 2 aromatic rings. The smallest absolute Gasteiger partial charge is 0.310 e. The van der Waals surface area contributed by atoms with Crippen LogP contribution in [0.15, 0.2) is 48.5 Å². The van der Waals surface area contributed by atoms with Crippen molar-refractivity contribution in [1.82, 2.24) is 0 Å². The molecule has 0 aliphatic heterocycles. The number of aromatic hydroxyl groups is 1. The summed E-state index contributed by atoms with van der Waals surface area (Å²) in [5.41, 5.74) is 1.08. The van der Waals surface area contributed by atoms with Gasteiger partial charge in [-0.1, -0.05) is 36.4 Å². The van der Waals surface area contributed by atoms with Crippen LogP contribution < -0.4 is 0 Å². The molecule has 0 unspecified atom stereocenters. The topological polar surface area (TPSA) is 46.5 Å². The fraction of sp³-hybridized carbons (Fsp3) is 0.133. The van der Waals surface area contributed by atoms with Crippen LogP contribution in [0.5, 0.6) is 5.75 Å². The summed E-state index contributed by atoms with van der Waals surface area (Å²) >= 11 is 0. The minimum absolute atomic E-state index is 0.154. The maximum absolute atomic E-state index is 13.4. The van der Waals surface area contributed by atoms with Gasteiger partial charge in [0.05, 0.1) is 6.42 Å². The molecule has 0 saturated heterocycles. The van der Waals surface area contributed by atoms with Crippen molar-refractivity contribution in [2.45, 2.75) is 13.0 Å². The van der Waals surface area contributed by atoms with Crippen LogP contribution in [-0.4, -0.2) is 11.1 Å². The lowest BCUT2D eigenvalue weighted by Crippen LogP contribution is -2.09. The Morgan fingerprint density at radius 1 is 1.16 bits per heavy atom. The lowest BCUT2D eigenvalue weighted by molar-refractivity contribution is -0.144. The minimum Gasteiger partial charge on any atom is -0.508 e. The lowest BCUT2D eigenvalue weighted by atomic mass is 10.1. The Balaban J connectivity index is 1.91. The first kappa shape index (κ1) is 13.1. The maximum Gasteiger partial charge on any atom is 0.310 e. The van der Waals surface area contributed by atoms with Gasteiger partial charge in [-0.3, -0.25) is 4.79 Å². The quantitative estimate of drug-likeness (QED) is 0.860. The van der Waals surface area contributed by atoms with Crippen molar-refractivity contribution in [3.8, 4) is 5.75 Å². The van der Waals surface area contributed by atoms with E-state index in [1.54, 1.807) is 0 Å². The summed E-state index contributed by atoms with van der Waals surface area (Å²) in [6.45, 7) is 0.166. The van der Waals surface area contributed by atoms with E-state index in [4.69, 9.17) is 9.84 Å². The van der Waals surface area contributed by atoms with Gasteiger partial charge in [-0.2, -0.15) is 0 Å². The number of hydrogen-bond donors (Lipinski definition) is 1. The van der Waals surface area contributed by atoms with Crippen LogP contribution in [-0.2, 0) is 22.6 Å². The summed E-state index contributed by atoms with van der Waals surface area (Å²) in [6, 6.07) is 12.9. The highest BCUT2D eigenvalue weighted by Crippen LogP contribution is 2.16. The Morgan fingerprint density at radius 3 is 2.58 bits per heavy atom. The van der Waals surface area contributed by atoms with E-state index in [9.17, 15) is 9.18 Å². The highest BCUT2D eigenvalue weighted by Gasteiger charge is 2.10. The fourth-order valence-corrected chi connectivity index (χ4v) is 1.62. The van der Waals surface area contributed by atoms with Gasteiger partial charge < -0.3 is 9.84 Å². The molecule has 0 spiro atoms. The average molecular weight is 260 g/mol. The standard InChI is InChI=1S/C15H13FO3/c16-14-9-13(17)7-6-12(14)8-15(18)19-10-11-4-2-1-3-5-11/h1-7,9,17H,8,10H2. The van der Waals surface area contributed by atoms with E-state index in [1.165, 1.54) is 12.1 Å². The van der Waals surface area contributed by atoms with Crippen molar-refractivity contribution in [1.29, 1.82) is 0 Å². The van der Waals surface area contributed by atoms with Crippen LogP contribution >= 0.6 is 0 Å². The largest absolute Gasteiger partial charge is 0.508 e. The van der Waals surface area contributed by atoms with Gasteiger partial charge >= 0.3 is 5.97 Å². The number of phenolic OH excluding ortho intramolecular Hbond substituents is 1. The number of carbonyl (C=O) groups excluding carboxylic acids is 1. The highest BCUT2D eigenvalue weighted by atomic mass is 19.1. The molecule has 0 atom stereocenters. The molecule has 0 amide bonds. The molecule has 0 aliphatic rings. The number of ether oxygens (including phenoxy) is 1. The molecule has 3 nitrogen and oxygen atoms in total. The molecule has 0 bridgehead atoms. The third-order valence-electron chi connectivity index (χ3n) is 2.61. The molecule has 0 aromatic heterocycles. The second-order valence-electron chi connectivity index (χ2n) is 4.10. The van der Waals surface area contributed by atoms with E-state index >= 15 is 0 Å². The monoisotopic (exact) mass is 260 g/mol. The number of rotatable bonds is 4. The van der Waals surface area contributed by atoms with Crippen molar-refractivity contribution in [3.05, 3.63) is 65.5 Å².